The summed E-state index contributed by atoms with van der Waals surface area (Å²) >= 11 is 12.6. The molecule has 1 aromatic carbocycles. The summed E-state index contributed by atoms with van der Waals surface area (Å²) in [4.78, 5) is 12.5. The second-order valence-electron chi connectivity index (χ2n) is 5.94. The number of halogens is 2. The van der Waals surface area contributed by atoms with E-state index in [0.717, 1.165) is 18.6 Å². The van der Waals surface area contributed by atoms with Crippen LogP contribution in [0.5, 0.6) is 0 Å². The summed E-state index contributed by atoms with van der Waals surface area (Å²) in [5, 5.41) is 8.29. The van der Waals surface area contributed by atoms with Crippen molar-refractivity contribution in [3.63, 3.8) is 0 Å². The van der Waals surface area contributed by atoms with E-state index in [-0.39, 0.29) is 5.91 Å². The van der Waals surface area contributed by atoms with Crippen molar-refractivity contribution in [1.82, 2.24) is 15.1 Å². The van der Waals surface area contributed by atoms with Crippen molar-refractivity contribution < 1.29 is 9.53 Å². The van der Waals surface area contributed by atoms with Gasteiger partial charge in [-0.2, -0.15) is 5.10 Å². The lowest BCUT2D eigenvalue weighted by Crippen LogP contribution is -2.30. The molecular weight excluding hydrogens is 349 g/mol. The van der Waals surface area contributed by atoms with Crippen LogP contribution in [0.3, 0.4) is 0 Å². The van der Waals surface area contributed by atoms with Gasteiger partial charge < -0.3 is 10.1 Å². The maximum Gasteiger partial charge on any atom is 0.256 e. The average molecular weight is 368 g/mol. The van der Waals surface area contributed by atoms with E-state index >= 15 is 0 Å². The highest BCUT2D eigenvalue weighted by atomic mass is 35.5. The van der Waals surface area contributed by atoms with Crippen LogP contribution < -0.4 is 5.32 Å². The van der Waals surface area contributed by atoms with Crippen molar-refractivity contribution in [2.45, 2.75) is 19.9 Å². The zero-order valence-corrected chi connectivity index (χ0v) is 14.9. The number of hydrogen-bond acceptors (Lipinski definition) is 3. The number of aromatic nitrogens is 2. The molecule has 0 radical (unpaired) electrons. The predicted molar refractivity (Wildman–Crippen MR) is 93.8 cm³/mol. The van der Waals surface area contributed by atoms with E-state index < -0.39 is 0 Å². The average Bonchev–Trinajstić information content (AvgIpc) is 3.16. The van der Waals surface area contributed by atoms with Crippen LogP contribution in [0, 0.1) is 12.8 Å². The van der Waals surface area contributed by atoms with Gasteiger partial charge in [0.1, 0.15) is 5.15 Å². The van der Waals surface area contributed by atoms with Gasteiger partial charge in [-0.25, -0.2) is 4.68 Å². The van der Waals surface area contributed by atoms with Crippen LogP contribution >= 0.6 is 23.2 Å². The van der Waals surface area contributed by atoms with Crippen LogP contribution in [0.2, 0.25) is 10.2 Å². The molecule has 5 nitrogen and oxygen atoms in total. The van der Waals surface area contributed by atoms with Crippen molar-refractivity contribution in [2.24, 2.45) is 5.92 Å². The van der Waals surface area contributed by atoms with Crippen molar-refractivity contribution in [3.8, 4) is 0 Å². The Balaban J connectivity index is 1.73. The highest BCUT2D eigenvalue weighted by Crippen LogP contribution is 2.23. The first-order chi connectivity index (χ1) is 11.6. The molecule has 1 aromatic heterocycles. The van der Waals surface area contributed by atoms with Gasteiger partial charge in [0.15, 0.2) is 0 Å². The topological polar surface area (TPSA) is 56.2 Å². The molecule has 1 fully saturated rings. The van der Waals surface area contributed by atoms with E-state index in [1.165, 1.54) is 0 Å². The summed E-state index contributed by atoms with van der Waals surface area (Å²) in [7, 11) is 0. The number of nitrogens with zero attached hydrogens (tertiary/aromatic N) is 2. The highest BCUT2D eigenvalue weighted by Gasteiger charge is 2.22. The number of carbonyl (C=O) groups excluding carboxylic acids is 1. The first-order valence-electron chi connectivity index (χ1n) is 7.88. The number of amides is 1. The molecule has 1 N–H and O–H groups in total. The Kier molecular flexibility index (Phi) is 5.43. The first-order valence-corrected chi connectivity index (χ1v) is 8.64. The van der Waals surface area contributed by atoms with Crippen LogP contribution in [0.15, 0.2) is 24.3 Å². The molecule has 0 spiro atoms. The monoisotopic (exact) mass is 367 g/mol. The summed E-state index contributed by atoms with van der Waals surface area (Å²) in [6, 6.07) is 7.50. The zero-order valence-electron chi connectivity index (χ0n) is 13.4. The third kappa shape index (κ3) is 3.74. The Hall–Kier alpha value is -1.56. The van der Waals surface area contributed by atoms with Gasteiger partial charge in [-0.3, -0.25) is 4.79 Å². The van der Waals surface area contributed by atoms with Crippen molar-refractivity contribution >= 4 is 29.1 Å². The zero-order chi connectivity index (χ0) is 17.1. The fourth-order valence-corrected chi connectivity index (χ4v) is 3.29. The van der Waals surface area contributed by atoms with Gasteiger partial charge in [0.25, 0.3) is 5.91 Å². The molecule has 0 bridgehead atoms. The van der Waals surface area contributed by atoms with Gasteiger partial charge in [-0.1, -0.05) is 41.4 Å². The Bertz CT molecular complexity index is 739. The van der Waals surface area contributed by atoms with E-state index in [1.54, 1.807) is 11.6 Å². The number of ether oxygens (including phenoxy) is 1. The molecular formula is C17H19Cl2N3O2. The Morgan fingerprint density at radius 3 is 2.92 bits per heavy atom. The van der Waals surface area contributed by atoms with E-state index in [0.29, 0.717) is 47.0 Å². The van der Waals surface area contributed by atoms with Gasteiger partial charge in [0.05, 0.1) is 24.4 Å². The van der Waals surface area contributed by atoms with E-state index in [2.05, 4.69) is 10.4 Å². The predicted octanol–water partition coefficient (Wildman–Crippen LogP) is 3.31. The maximum absolute atomic E-state index is 12.5. The molecule has 2 aromatic rings. The second-order valence-corrected chi connectivity index (χ2v) is 6.71. The van der Waals surface area contributed by atoms with Gasteiger partial charge >= 0.3 is 0 Å². The number of nitrogens with one attached hydrogen (secondary N) is 1. The summed E-state index contributed by atoms with van der Waals surface area (Å²) in [6.07, 6.45) is 0.971. The molecule has 0 saturated carbocycles. The molecule has 1 atom stereocenters. The molecule has 1 amide bonds. The minimum absolute atomic E-state index is 0.199. The SMILES string of the molecule is Cc1nn(Cc2ccccc2Cl)c(Cl)c1C(=O)NC[C@@H]1CCOC1. The first kappa shape index (κ1) is 17.3. The molecule has 128 valence electrons. The summed E-state index contributed by atoms with van der Waals surface area (Å²) < 4.78 is 6.92. The van der Waals surface area contributed by atoms with Crippen LogP contribution in [-0.4, -0.2) is 35.4 Å². The third-order valence-electron chi connectivity index (χ3n) is 4.15. The lowest BCUT2D eigenvalue weighted by atomic mass is 10.1. The molecule has 7 heteroatoms. The summed E-state index contributed by atoms with van der Waals surface area (Å²) in [6.45, 7) is 4.24. The minimum atomic E-state index is -0.199. The van der Waals surface area contributed by atoms with Gasteiger partial charge in [-0.15, -0.1) is 0 Å². The Morgan fingerprint density at radius 1 is 1.42 bits per heavy atom. The lowest BCUT2D eigenvalue weighted by molar-refractivity contribution is 0.0944. The molecule has 1 aliphatic rings. The molecule has 0 aliphatic carbocycles. The maximum atomic E-state index is 12.5. The normalized spacial score (nSPS) is 17.2. The van der Waals surface area contributed by atoms with Crippen LogP contribution in [0.4, 0.5) is 0 Å². The Morgan fingerprint density at radius 2 is 2.21 bits per heavy atom. The number of rotatable bonds is 5. The summed E-state index contributed by atoms with van der Waals surface area (Å²) in [5.74, 6) is 0.168. The van der Waals surface area contributed by atoms with Gasteiger partial charge in [-0.05, 0) is 25.0 Å². The quantitative estimate of drug-likeness (QED) is 0.881. The molecule has 3 rings (SSSR count). The molecule has 1 saturated heterocycles. The number of carbonyl (C=O) groups is 1. The van der Waals surface area contributed by atoms with Gasteiger partial charge in [0.2, 0.25) is 0 Å². The van der Waals surface area contributed by atoms with E-state index in [9.17, 15) is 4.79 Å². The van der Waals surface area contributed by atoms with Crippen molar-refractivity contribution in [1.29, 1.82) is 0 Å². The summed E-state index contributed by atoms with van der Waals surface area (Å²) in [5.41, 5.74) is 1.92. The fraction of sp³-hybridized carbons (Fsp3) is 0.412. The van der Waals surface area contributed by atoms with Crippen LogP contribution in [0.25, 0.3) is 0 Å². The largest absolute Gasteiger partial charge is 0.381 e. The molecule has 1 aliphatic heterocycles. The lowest BCUT2D eigenvalue weighted by Gasteiger charge is -2.09. The Labute approximate surface area is 150 Å². The molecule has 0 unspecified atom stereocenters. The van der Waals surface area contributed by atoms with Crippen molar-refractivity contribution in [2.75, 3.05) is 19.8 Å². The second kappa shape index (κ2) is 7.55. The van der Waals surface area contributed by atoms with Crippen LogP contribution in [-0.2, 0) is 11.3 Å². The highest BCUT2D eigenvalue weighted by molar-refractivity contribution is 6.33. The standard InChI is InChI=1S/C17H19Cl2N3O2/c1-11-15(17(23)20-8-12-6-7-24-10-12)16(19)22(21-11)9-13-4-2-3-5-14(13)18/h2-5,12H,6-10H2,1H3,(H,20,23)/t12-/m0/s1. The number of benzene rings is 1. The van der Waals surface area contributed by atoms with Crippen molar-refractivity contribution in [3.05, 3.63) is 51.3 Å². The van der Waals surface area contributed by atoms with Crippen LogP contribution in [0.1, 0.15) is 28.0 Å². The smallest absolute Gasteiger partial charge is 0.256 e. The number of hydrogen-bond donors (Lipinski definition) is 1. The van der Waals surface area contributed by atoms with E-state index in [4.69, 9.17) is 27.9 Å². The third-order valence-corrected chi connectivity index (χ3v) is 4.90. The molecule has 2 heterocycles. The fourth-order valence-electron chi connectivity index (χ4n) is 2.77. The van der Waals surface area contributed by atoms with E-state index in [1.807, 2.05) is 24.3 Å². The van der Waals surface area contributed by atoms with Gasteiger partial charge in [0, 0.05) is 24.1 Å². The molecule has 24 heavy (non-hydrogen) atoms. The minimum Gasteiger partial charge on any atom is -0.381 e. The number of aryl methyl sites for hydroxylation is 1.